The Bertz CT molecular complexity index is 501. The summed E-state index contributed by atoms with van der Waals surface area (Å²) in [4.78, 5) is 25.5. The van der Waals surface area contributed by atoms with Crippen LogP contribution in [-0.4, -0.2) is 43.0 Å². The Balaban J connectivity index is 1.89. The quantitative estimate of drug-likeness (QED) is 0.813. The van der Waals surface area contributed by atoms with E-state index in [0.717, 1.165) is 0 Å². The first-order valence-corrected chi connectivity index (χ1v) is 7.15. The molecule has 1 aromatic rings. The Labute approximate surface area is 124 Å². The monoisotopic (exact) mass is 291 g/mol. The number of carbonyl (C=O) groups is 2. The third-order valence-corrected chi connectivity index (χ3v) is 3.48. The summed E-state index contributed by atoms with van der Waals surface area (Å²) >= 11 is 0. The predicted molar refractivity (Wildman–Crippen MR) is 80.0 cm³/mol. The van der Waals surface area contributed by atoms with Crippen molar-refractivity contribution in [2.45, 2.75) is 13.3 Å². The Morgan fingerprint density at radius 3 is 2.71 bits per heavy atom. The summed E-state index contributed by atoms with van der Waals surface area (Å²) < 4.78 is 5.37. The van der Waals surface area contributed by atoms with Crippen molar-refractivity contribution in [1.82, 2.24) is 4.90 Å². The Morgan fingerprint density at radius 1 is 1.43 bits per heavy atom. The van der Waals surface area contributed by atoms with Gasteiger partial charge in [0.05, 0.1) is 5.92 Å². The van der Waals surface area contributed by atoms with Crippen LogP contribution in [-0.2, 0) is 9.59 Å². The molecule has 1 aromatic carbocycles. The molecule has 1 aliphatic heterocycles. The normalized spacial score (nSPS) is 17.9. The minimum absolute atomic E-state index is 0.0446. The van der Waals surface area contributed by atoms with Gasteiger partial charge in [-0.2, -0.15) is 0 Å². The zero-order valence-electron chi connectivity index (χ0n) is 12.2. The van der Waals surface area contributed by atoms with Crippen LogP contribution in [0, 0.1) is 5.92 Å². The standard InChI is InChI=1S/C15H21N3O3/c1-2-18-10-11(9-14(18)19)15(20)17-12-3-5-13(6-4-12)21-8-7-16/h3-6,11H,2,7-10,16H2,1H3,(H,17,20). The molecule has 0 bridgehead atoms. The molecular formula is C15H21N3O3. The first-order chi connectivity index (χ1) is 10.1. The maximum absolute atomic E-state index is 12.1. The van der Waals surface area contributed by atoms with Gasteiger partial charge in [0.25, 0.3) is 0 Å². The van der Waals surface area contributed by atoms with Gasteiger partial charge >= 0.3 is 0 Å². The number of nitrogens with two attached hydrogens (primary N) is 1. The third kappa shape index (κ3) is 3.95. The predicted octanol–water partition coefficient (Wildman–Crippen LogP) is 0.831. The maximum atomic E-state index is 12.1. The average Bonchev–Trinajstić information content (AvgIpc) is 2.88. The van der Waals surface area contributed by atoms with Crippen LogP contribution in [0.1, 0.15) is 13.3 Å². The number of benzene rings is 1. The number of rotatable bonds is 6. The molecule has 1 atom stereocenters. The van der Waals surface area contributed by atoms with E-state index in [4.69, 9.17) is 10.5 Å². The highest BCUT2D eigenvalue weighted by Crippen LogP contribution is 2.21. The van der Waals surface area contributed by atoms with Gasteiger partial charge in [0.1, 0.15) is 12.4 Å². The molecule has 1 fully saturated rings. The van der Waals surface area contributed by atoms with Crippen LogP contribution in [0.3, 0.4) is 0 Å². The van der Waals surface area contributed by atoms with Crippen molar-refractivity contribution >= 4 is 17.5 Å². The third-order valence-electron chi connectivity index (χ3n) is 3.48. The zero-order chi connectivity index (χ0) is 15.2. The molecule has 2 rings (SSSR count). The van der Waals surface area contributed by atoms with Crippen LogP contribution < -0.4 is 15.8 Å². The Hall–Kier alpha value is -2.08. The number of carbonyl (C=O) groups excluding carboxylic acids is 2. The number of amides is 2. The molecule has 6 nitrogen and oxygen atoms in total. The van der Waals surface area contributed by atoms with E-state index in [1.165, 1.54) is 0 Å². The number of likely N-dealkylation sites (tertiary alicyclic amines) is 1. The molecule has 21 heavy (non-hydrogen) atoms. The molecule has 2 amide bonds. The SMILES string of the molecule is CCN1CC(C(=O)Nc2ccc(OCCN)cc2)CC1=O. The highest BCUT2D eigenvalue weighted by molar-refractivity contribution is 5.97. The van der Waals surface area contributed by atoms with Crippen molar-refractivity contribution in [1.29, 1.82) is 0 Å². The minimum Gasteiger partial charge on any atom is -0.492 e. The summed E-state index contributed by atoms with van der Waals surface area (Å²) in [5.41, 5.74) is 6.06. The van der Waals surface area contributed by atoms with Crippen molar-refractivity contribution in [3.05, 3.63) is 24.3 Å². The van der Waals surface area contributed by atoms with E-state index < -0.39 is 0 Å². The van der Waals surface area contributed by atoms with Gasteiger partial charge in [0.2, 0.25) is 11.8 Å². The highest BCUT2D eigenvalue weighted by atomic mass is 16.5. The van der Waals surface area contributed by atoms with Crippen LogP contribution in [0.15, 0.2) is 24.3 Å². The number of nitrogens with one attached hydrogen (secondary N) is 1. The lowest BCUT2D eigenvalue weighted by Crippen LogP contribution is -2.28. The van der Waals surface area contributed by atoms with Crippen LogP contribution in [0.2, 0.25) is 0 Å². The summed E-state index contributed by atoms with van der Waals surface area (Å²) in [6, 6.07) is 7.11. The Kier molecular flexibility index (Phi) is 5.16. The number of nitrogens with zero attached hydrogens (tertiary/aromatic N) is 1. The van der Waals surface area contributed by atoms with Gasteiger partial charge in [0.15, 0.2) is 0 Å². The van der Waals surface area contributed by atoms with Crippen molar-refractivity contribution in [2.24, 2.45) is 11.7 Å². The second-order valence-corrected chi connectivity index (χ2v) is 4.98. The van der Waals surface area contributed by atoms with Gasteiger partial charge in [-0.1, -0.05) is 0 Å². The molecule has 6 heteroatoms. The fraction of sp³-hybridized carbons (Fsp3) is 0.467. The molecule has 0 aromatic heterocycles. The number of anilines is 1. The largest absolute Gasteiger partial charge is 0.492 e. The molecule has 0 aliphatic carbocycles. The van der Waals surface area contributed by atoms with Crippen molar-refractivity contribution < 1.29 is 14.3 Å². The second kappa shape index (κ2) is 7.08. The van der Waals surface area contributed by atoms with Crippen molar-refractivity contribution in [3.63, 3.8) is 0 Å². The van der Waals surface area contributed by atoms with Gasteiger partial charge < -0.3 is 20.7 Å². The van der Waals surface area contributed by atoms with Gasteiger partial charge in [0, 0.05) is 31.7 Å². The molecule has 1 saturated heterocycles. The Morgan fingerprint density at radius 2 is 2.14 bits per heavy atom. The van der Waals surface area contributed by atoms with Crippen molar-refractivity contribution in [2.75, 3.05) is 31.6 Å². The average molecular weight is 291 g/mol. The molecule has 0 spiro atoms. The molecular weight excluding hydrogens is 270 g/mol. The summed E-state index contributed by atoms with van der Waals surface area (Å²) in [5, 5.41) is 2.83. The second-order valence-electron chi connectivity index (χ2n) is 4.98. The zero-order valence-corrected chi connectivity index (χ0v) is 12.2. The van der Waals surface area contributed by atoms with Crippen LogP contribution in [0.25, 0.3) is 0 Å². The van der Waals surface area contributed by atoms with Gasteiger partial charge in [-0.15, -0.1) is 0 Å². The van der Waals surface area contributed by atoms with Crippen LogP contribution in [0.4, 0.5) is 5.69 Å². The van der Waals surface area contributed by atoms with E-state index >= 15 is 0 Å². The van der Waals surface area contributed by atoms with E-state index in [9.17, 15) is 9.59 Å². The van der Waals surface area contributed by atoms with E-state index in [1.54, 1.807) is 29.2 Å². The summed E-state index contributed by atoms with van der Waals surface area (Å²) in [5.74, 6) is 0.371. The van der Waals surface area contributed by atoms with E-state index in [0.29, 0.717) is 37.7 Å². The fourth-order valence-electron chi connectivity index (χ4n) is 2.31. The highest BCUT2D eigenvalue weighted by Gasteiger charge is 2.33. The minimum atomic E-state index is -0.273. The molecule has 0 radical (unpaired) electrons. The molecule has 3 N–H and O–H groups in total. The van der Waals surface area contributed by atoms with E-state index in [2.05, 4.69) is 5.32 Å². The summed E-state index contributed by atoms with van der Waals surface area (Å²) in [6.45, 7) is 3.98. The lowest BCUT2D eigenvalue weighted by Gasteiger charge is -2.14. The van der Waals surface area contributed by atoms with Crippen molar-refractivity contribution in [3.8, 4) is 5.75 Å². The van der Waals surface area contributed by atoms with E-state index in [-0.39, 0.29) is 24.2 Å². The maximum Gasteiger partial charge on any atom is 0.229 e. The molecule has 114 valence electrons. The van der Waals surface area contributed by atoms with Gasteiger partial charge in [-0.05, 0) is 31.2 Å². The lowest BCUT2D eigenvalue weighted by molar-refractivity contribution is -0.128. The summed E-state index contributed by atoms with van der Waals surface area (Å²) in [7, 11) is 0. The topological polar surface area (TPSA) is 84.7 Å². The number of ether oxygens (including phenoxy) is 1. The first-order valence-electron chi connectivity index (χ1n) is 7.15. The lowest BCUT2D eigenvalue weighted by atomic mass is 10.1. The first kappa shape index (κ1) is 15.3. The van der Waals surface area contributed by atoms with Crippen LogP contribution >= 0.6 is 0 Å². The molecule has 0 saturated carbocycles. The smallest absolute Gasteiger partial charge is 0.229 e. The molecule has 1 aliphatic rings. The number of hydrogen-bond donors (Lipinski definition) is 2. The van der Waals surface area contributed by atoms with E-state index in [1.807, 2.05) is 6.92 Å². The number of hydrogen-bond acceptors (Lipinski definition) is 4. The molecule has 1 heterocycles. The van der Waals surface area contributed by atoms with Gasteiger partial charge in [-0.3, -0.25) is 9.59 Å². The fourth-order valence-corrected chi connectivity index (χ4v) is 2.31. The van der Waals surface area contributed by atoms with Crippen LogP contribution in [0.5, 0.6) is 5.75 Å². The van der Waals surface area contributed by atoms with Gasteiger partial charge in [-0.25, -0.2) is 0 Å². The summed E-state index contributed by atoms with van der Waals surface area (Å²) in [6.07, 6.45) is 0.289. The molecule has 1 unspecified atom stereocenters.